The Morgan fingerprint density at radius 1 is 1.42 bits per heavy atom. The number of hydrogen-bond donors (Lipinski definition) is 3. The van der Waals surface area contributed by atoms with Crippen LogP contribution >= 0.6 is 0 Å². The highest BCUT2D eigenvalue weighted by Gasteiger charge is 2.28. The van der Waals surface area contributed by atoms with Gasteiger partial charge in [0.2, 0.25) is 11.8 Å². The van der Waals surface area contributed by atoms with Crippen LogP contribution in [0.3, 0.4) is 0 Å². The van der Waals surface area contributed by atoms with Crippen LogP contribution in [0.15, 0.2) is 10.6 Å². The first-order valence-electron chi connectivity index (χ1n) is 8.46. The predicted octanol–water partition coefficient (Wildman–Crippen LogP) is 1.80. The molecule has 2 rings (SSSR count). The highest BCUT2D eigenvalue weighted by Crippen LogP contribution is 2.25. The Labute approximate surface area is 143 Å². The molecule has 1 aliphatic heterocycles. The molecule has 0 aromatic carbocycles. The Morgan fingerprint density at radius 3 is 2.67 bits per heavy atom. The van der Waals surface area contributed by atoms with E-state index in [1.54, 1.807) is 6.20 Å². The molecule has 2 heterocycles. The first kappa shape index (κ1) is 18.3. The molecule has 0 bridgehead atoms. The third-order valence-corrected chi connectivity index (χ3v) is 4.07. The van der Waals surface area contributed by atoms with E-state index in [0.717, 1.165) is 12.2 Å². The van der Waals surface area contributed by atoms with Gasteiger partial charge in [0.05, 0.1) is 6.20 Å². The summed E-state index contributed by atoms with van der Waals surface area (Å²) in [5.74, 6) is 0.646. The lowest BCUT2D eigenvalue weighted by molar-refractivity contribution is -0.125. The van der Waals surface area contributed by atoms with Crippen LogP contribution in [0.4, 0.5) is 6.01 Å². The highest BCUT2D eigenvalue weighted by molar-refractivity contribution is 5.85. The second-order valence-corrected chi connectivity index (χ2v) is 7.69. The summed E-state index contributed by atoms with van der Waals surface area (Å²) in [6.07, 6.45) is 2.75. The van der Waals surface area contributed by atoms with E-state index < -0.39 is 6.04 Å². The van der Waals surface area contributed by atoms with Crippen molar-refractivity contribution in [2.24, 2.45) is 5.92 Å². The molecule has 2 amide bonds. The molecule has 0 saturated carbocycles. The molecule has 1 fully saturated rings. The van der Waals surface area contributed by atoms with Crippen molar-refractivity contribution in [1.29, 1.82) is 0 Å². The standard InChI is InChI=1S/C17H28N4O3/c1-10(2)14(15(23)20-11-6-7-18-13(22)8-11)21-16-19-9-12(24-16)17(3,4)5/h9-11,14H,6-8H2,1-5H3,(H,18,22)(H,19,21)(H,20,23). The van der Waals surface area contributed by atoms with Crippen molar-refractivity contribution in [2.75, 3.05) is 11.9 Å². The quantitative estimate of drug-likeness (QED) is 0.762. The Hall–Kier alpha value is -2.05. The maximum atomic E-state index is 12.6. The van der Waals surface area contributed by atoms with Crippen LogP contribution in [0, 0.1) is 5.92 Å². The summed E-state index contributed by atoms with van der Waals surface area (Å²) in [4.78, 5) is 28.3. The second-order valence-electron chi connectivity index (χ2n) is 7.69. The van der Waals surface area contributed by atoms with Gasteiger partial charge in [0.25, 0.3) is 6.01 Å². The summed E-state index contributed by atoms with van der Waals surface area (Å²) >= 11 is 0. The van der Waals surface area contributed by atoms with Gasteiger partial charge in [-0.25, -0.2) is 4.98 Å². The fourth-order valence-electron chi connectivity index (χ4n) is 2.55. The summed E-state index contributed by atoms with van der Waals surface area (Å²) in [5, 5.41) is 8.80. The van der Waals surface area contributed by atoms with Crippen LogP contribution in [0.5, 0.6) is 0 Å². The zero-order valence-electron chi connectivity index (χ0n) is 15.1. The topological polar surface area (TPSA) is 96.3 Å². The van der Waals surface area contributed by atoms with Gasteiger partial charge in [-0.15, -0.1) is 0 Å². The largest absolute Gasteiger partial charge is 0.428 e. The molecule has 0 radical (unpaired) electrons. The van der Waals surface area contributed by atoms with Crippen LogP contribution in [0.2, 0.25) is 0 Å². The number of anilines is 1. The van der Waals surface area contributed by atoms with E-state index in [2.05, 4.69) is 20.9 Å². The van der Waals surface area contributed by atoms with Crippen molar-refractivity contribution in [3.8, 4) is 0 Å². The molecule has 7 nitrogen and oxygen atoms in total. The number of nitrogens with zero attached hydrogens (tertiary/aromatic N) is 1. The van der Waals surface area contributed by atoms with Gasteiger partial charge in [-0.3, -0.25) is 9.59 Å². The van der Waals surface area contributed by atoms with Crippen LogP contribution in [0.1, 0.15) is 53.2 Å². The molecule has 3 N–H and O–H groups in total. The predicted molar refractivity (Wildman–Crippen MR) is 91.6 cm³/mol. The van der Waals surface area contributed by atoms with E-state index in [4.69, 9.17) is 4.42 Å². The van der Waals surface area contributed by atoms with Crippen LogP contribution in [-0.4, -0.2) is 35.4 Å². The molecule has 0 aliphatic carbocycles. The smallest absolute Gasteiger partial charge is 0.295 e. The molecule has 134 valence electrons. The van der Waals surface area contributed by atoms with Crippen molar-refractivity contribution >= 4 is 17.8 Å². The molecule has 2 unspecified atom stereocenters. The number of hydrogen-bond acceptors (Lipinski definition) is 5. The summed E-state index contributed by atoms with van der Waals surface area (Å²) in [7, 11) is 0. The lowest BCUT2D eigenvalue weighted by Crippen LogP contribution is -2.51. The van der Waals surface area contributed by atoms with Crippen LogP contribution in [0.25, 0.3) is 0 Å². The van der Waals surface area contributed by atoms with E-state index in [-0.39, 0.29) is 29.2 Å². The maximum Gasteiger partial charge on any atom is 0.295 e. The minimum Gasteiger partial charge on any atom is -0.428 e. The van der Waals surface area contributed by atoms with Crippen molar-refractivity contribution in [3.63, 3.8) is 0 Å². The Morgan fingerprint density at radius 2 is 2.12 bits per heavy atom. The van der Waals surface area contributed by atoms with E-state index in [1.165, 1.54) is 0 Å². The summed E-state index contributed by atoms with van der Waals surface area (Å²) in [5.41, 5.74) is -0.141. The molecule has 1 saturated heterocycles. The van der Waals surface area contributed by atoms with Crippen molar-refractivity contribution < 1.29 is 14.0 Å². The monoisotopic (exact) mass is 336 g/mol. The molecular formula is C17H28N4O3. The number of nitrogens with one attached hydrogen (secondary N) is 3. The zero-order chi connectivity index (χ0) is 17.9. The zero-order valence-corrected chi connectivity index (χ0v) is 15.1. The molecule has 1 aromatic heterocycles. The van der Waals surface area contributed by atoms with Crippen LogP contribution < -0.4 is 16.0 Å². The minimum atomic E-state index is -0.471. The summed E-state index contributed by atoms with van der Waals surface area (Å²) < 4.78 is 5.72. The SMILES string of the molecule is CC(C)C(Nc1ncc(C(C)(C)C)o1)C(=O)NC1CCNC(=O)C1. The van der Waals surface area contributed by atoms with E-state index in [9.17, 15) is 9.59 Å². The van der Waals surface area contributed by atoms with Crippen molar-refractivity contribution in [1.82, 2.24) is 15.6 Å². The third kappa shape index (κ3) is 4.72. The minimum absolute atomic E-state index is 0.0249. The molecule has 1 aliphatic rings. The fraction of sp³-hybridized carbons (Fsp3) is 0.706. The first-order valence-corrected chi connectivity index (χ1v) is 8.46. The number of aromatic nitrogens is 1. The average Bonchev–Trinajstić information content (AvgIpc) is 2.93. The number of piperidine rings is 1. The van der Waals surface area contributed by atoms with Gasteiger partial charge in [0.1, 0.15) is 11.8 Å². The first-order chi connectivity index (χ1) is 11.2. The summed E-state index contributed by atoms with van der Waals surface area (Å²) in [6.45, 7) is 10.6. The van der Waals surface area contributed by atoms with Gasteiger partial charge < -0.3 is 20.4 Å². The number of amides is 2. The van der Waals surface area contributed by atoms with Gasteiger partial charge in [-0.05, 0) is 12.3 Å². The van der Waals surface area contributed by atoms with Crippen molar-refractivity contribution in [2.45, 2.75) is 65.0 Å². The summed E-state index contributed by atoms with van der Waals surface area (Å²) in [6, 6.07) is -0.249. The molecule has 1 aromatic rings. The maximum absolute atomic E-state index is 12.6. The van der Waals surface area contributed by atoms with Crippen molar-refractivity contribution in [3.05, 3.63) is 12.0 Å². The van der Waals surface area contributed by atoms with E-state index in [0.29, 0.717) is 19.0 Å². The lowest BCUT2D eigenvalue weighted by atomic mass is 9.94. The van der Waals surface area contributed by atoms with Crippen LogP contribution in [-0.2, 0) is 15.0 Å². The van der Waals surface area contributed by atoms with E-state index >= 15 is 0 Å². The number of rotatable bonds is 5. The molecular weight excluding hydrogens is 308 g/mol. The lowest BCUT2D eigenvalue weighted by Gasteiger charge is -2.27. The fourth-order valence-corrected chi connectivity index (χ4v) is 2.55. The molecule has 0 spiro atoms. The highest BCUT2D eigenvalue weighted by atomic mass is 16.4. The van der Waals surface area contributed by atoms with Gasteiger partial charge in [-0.1, -0.05) is 34.6 Å². The molecule has 2 atom stereocenters. The average molecular weight is 336 g/mol. The Bertz CT molecular complexity index is 589. The number of oxazole rings is 1. The van der Waals surface area contributed by atoms with Gasteiger partial charge >= 0.3 is 0 Å². The van der Waals surface area contributed by atoms with Gasteiger partial charge in [0, 0.05) is 24.4 Å². The van der Waals surface area contributed by atoms with Gasteiger partial charge in [-0.2, -0.15) is 0 Å². The number of carbonyl (C=O) groups is 2. The van der Waals surface area contributed by atoms with Gasteiger partial charge in [0.15, 0.2) is 0 Å². The molecule has 24 heavy (non-hydrogen) atoms. The Balaban J connectivity index is 2.02. The molecule has 7 heteroatoms. The third-order valence-electron chi connectivity index (χ3n) is 4.07. The normalized spacial score (nSPS) is 19.8. The van der Waals surface area contributed by atoms with E-state index in [1.807, 2.05) is 34.6 Å². The number of carbonyl (C=O) groups excluding carboxylic acids is 2. The second kappa shape index (κ2) is 7.23. The Kier molecular flexibility index (Phi) is 5.51.